The monoisotopic (exact) mass is 426 g/mol. The molecule has 1 unspecified atom stereocenters. The Kier molecular flexibility index (Phi) is 7.69. The Morgan fingerprint density at radius 3 is 2.79 bits per heavy atom. The number of rotatable bonds is 8. The summed E-state index contributed by atoms with van der Waals surface area (Å²) < 4.78 is 5.84. The highest BCUT2D eigenvalue weighted by atomic mass is 32.1. The van der Waals surface area contributed by atoms with Crippen LogP contribution in [0.3, 0.4) is 0 Å². The molecule has 1 aromatic heterocycles. The van der Waals surface area contributed by atoms with Crippen molar-refractivity contribution < 1.29 is 4.42 Å². The fourth-order valence-electron chi connectivity index (χ4n) is 2.88. The predicted octanol–water partition coefficient (Wildman–Crippen LogP) is 4.71. The minimum atomic E-state index is -0.123. The van der Waals surface area contributed by atoms with E-state index in [4.69, 9.17) is 16.6 Å². The molecule has 7 heteroatoms. The third-order valence-corrected chi connectivity index (χ3v) is 5.75. The van der Waals surface area contributed by atoms with E-state index in [9.17, 15) is 0 Å². The largest absolute Gasteiger partial charge is 0.459 e. The quantitative estimate of drug-likeness (QED) is 0.210. The van der Waals surface area contributed by atoms with Crippen LogP contribution in [0.4, 0.5) is 0 Å². The van der Waals surface area contributed by atoms with Crippen LogP contribution in [-0.2, 0) is 6.54 Å². The normalized spacial score (nSPS) is 14.7. The highest BCUT2D eigenvalue weighted by Gasteiger charge is 2.12. The van der Waals surface area contributed by atoms with Crippen molar-refractivity contribution in [1.82, 2.24) is 15.4 Å². The molecule has 0 spiro atoms. The van der Waals surface area contributed by atoms with E-state index in [1.807, 2.05) is 61.6 Å². The summed E-state index contributed by atoms with van der Waals surface area (Å²) in [5.41, 5.74) is 5.54. The molecule has 1 aliphatic rings. The first-order valence-electron chi connectivity index (χ1n) is 9.50. The lowest BCUT2D eigenvalue weighted by Gasteiger charge is -2.23. The number of thiol groups is 1. The second-order valence-electron chi connectivity index (χ2n) is 6.76. The van der Waals surface area contributed by atoms with Gasteiger partial charge in [0.25, 0.3) is 0 Å². The van der Waals surface area contributed by atoms with Gasteiger partial charge in [0.15, 0.2) is 0 Å². The Hall–Kier alpha value is -2.35. The number of thiocarbonyl (C=S) groups is 1. The molecule has 1 aromatic carbocycles. The number of hydrogen-bond acceptors (Lipinski definition) is 6. The molecule has 29 heavy (non-hydrogen) atoms. The van der Waals surface area contributed by atoms with Crippen molar-refractivity contribution in [3.8, 4) is 0 Å². The second kappa shape index (κ2) is 10.4. The number of benzene rings is 1. The van der Waals surface area contributed by atoms with Crippen LogP contribution in [0.2, 0.25) is 0 Å². The number of nitrogens with one attached hydrogen (secondary N) is 1. The zero-order valence-electron chi connectivity index (χ0n) is 16.7. The minimum Gasteiger partial charge on any atom is -0.459 e. The van der Waals surface area contributed by atoms with Gasteiger partial charge in [0.1, 0.15) is 21.9 Å². The van der Waals surface area contributed by atoms with Crippen LogP contribution in [0.1, 0.15) is 35.3 Å². The predicted molar refractivity (Wildman–Crippen MR) is 126 cm³/mol. The van der Waals surface area contributed by atoms with Gasteiger partial charge in [0.2, 0.25) is 0 Å². The number of nitrogens with zero attached hydrogens (tertiary/aromatic N) is 3. The van der Waals surface area contributed by atoms with E-state index in [1.54, 1.807) is 11.2 Å². The molecule has 0 amide bonds. The maximum absolute atomic E-state index is 5.84. The molecule has 1 atom stereocenters. The fourth-order valence-corrected chi connectivity index (χ4v) is 3.34. The van der Waals surface area contributed by atoms with E-state index in [2.05, 4.69) is 41.4 Å². The van der Waals surface area contributed by atoms with E-state index in [1.165, 1.54) is 5.57 Å². The standard InChI is InChI=1S/C22H26N4OS2/c1-25(21(28)17-9-5-3-6-10-17)23-15-19-13-14-20(27-19)16-24-26(2)22(29)18-11-7-4-8-12-18/h3-7,9-11,13-15,21,24,28H,8,12,16H2,1-2H3/b23-15+. The van der Waals surface area contributed by atoms with Crippen LogP contribution in [0.5, 0.6) is 0 Å². The van der Waals surface area contributed by atoms with Gasteiger partial charge in [0, 0.05) is 14.1 Å². The van der Waals surface area contributed by atoms with Crippen LogP contribution < -0.4 is 5.43 Å². The molecule has 0 aliphatic heterocycles. The van der Waals surface area contributed by atoms with E-state index >= 15 is 0 Å². The summed E-state index contributed by atoms with van der Waals surface area (Å²) in [7, 11) is 3.82. The fraction of sp³-hybridized carbons (Fsp3) is 0.273. The van der Waals surface area contributed by atoms with E-state index < -0.39 is 0 Å². The number of hydrogen-bond donors (Lipinski definition) is 2. The number of hydrazine groups is 1. The first-order chi connectivity index (χ1) is 14.0. The molecule has 0 fully saturated rings. The Morgan fingerprint density at radius 2 is 2.07 bits per heavy atom. The Morgan fingerprint density at radius 1 is 1.28 bits per heavy atom. The summed E-state index contributed by atoms with van der Waals surface area (Å²) in [6, 6.07) is 13.9. The highest BCUT2D eigenvalue weighted by molar-refractivity contribution is 7.80. The summed E-state index contributed by atoms with van der Waals surface area (Å²) in [6.45, 7) is 0.544. The first kappa shape index (κ1) is 21.4. The van der Waals surface area contributed by atoms with E-state index in [-0.39, 0.29) is 5.37 Å². The van der Waals surface area contributed by atoms with Gasteiger partial charge in [-0.25, -0.2) is 5.43 Å². The van der Waals surface area contributed by atoms with Crippen molar-refractivity contribution in [1.29, 1.82) is 0 Å². The molecule has 0 saturated carbocycles. The number of hydrazone groups is 1. The molecule has 2 aromatic rings. The van der Waals surface area contributed by atoms with Crippen LogP contribution in [0.25, 0.3) is 0 Å². The summed E-state index contributed by atoms with van der Waals surface area (Å²) in [5.74, 6) is 1.50. The zero-order valence-corrected chi connectivity index (χ0v) is 18.4. The average Bonchev–Trinajstić information content (AvgIpc) is 3.23. The van der Waals surface area contributed by atoms with Gasteiger partial charge in [-0.3, -0.25) is 5.01 Å². The lowest BCUT2D eigenvalue weighted by molar-refractivity contribution is 0.335. The highest BCUT2D eigenvalue weighted by Crippen LogP contribution is 2.23. The molecule has 1 aliphatic carbocycles. The lowest BCUT2D eigenvalue weighted by Crippen LogP contribution is -2.38. The lowest BCUT2D eigenvalue weighted by atomic mass is 10.1. The van der Waals surface area contributed by atoms with Gasteiger partial charge in [-0.15, -0.1) is 12.6 Å². The SMILES string of the molecule is CN(NCc1ccc(/C=N/N(C)C(S)c2ccccc2)o1)C(=S)C1=CC=CCC1. The Balaban J connectivity index is 1.51. The molecular formula is C22H26N4OS2. The minimum absolute atomic E-state index is 0.123. The van der Waals surface area contributed by atoms with Crippen LogP contribution in [0.15, 0.2) is 75.8 Å². The summed E-state index contributed by atoms with van der Waals surface area (Å²) in [4.78, 5) is 0.810. The van der Waals surface area contributed by atoms with E-state index in [0.717, 1.165) is 29.2 Å². The molecule has 3 rings (SSSR count). The van der Waals surface area contributed by atoms with Crippen molar-refractivity contribution in [3.63, 3.8) is 0 Å². The average molecular weight is 427 g/mol. The summed E-state index contributed by atoms with van der Waals surface area (Å²) >= 11 is 10.2. The number of allylic oxidation sites excluding steroid dienone is 3. The molecule has 5 nitrogen and oxygen atoms in total. The van der Waals surface area contributed by atoms with Gasteiger partial charge in [0.05, 0.1) is 12.8 Å². The van der Waals surface area contributed by atoms with E-state index in [0.29, 0.717) is 12.3 Å². The molecule has 1 heterocycles. The zero-order chi connectivity index (χ0) is 20.6. The van der Waals surface area contributed by atoms with Gasteiger partial charge < -0.3 is 9.43 Å². The second-order valence-corrected chi connectivity index (χ2v) is 7.64. The van der Waals surface area contributed by atoms with Gasteiger partial charge in [-0.1, -0.05) is 60.8 Å². The third kappa shape index (κ3) is 6.06. The number of furan rings is 1. The van der Waals surface area contributed by atoms with Gasteiger partial charge in [-0.05, 0) is 36.1 Å². The van der Waals surface area contributed by atoms with Crippen LogP contribution >= 0.6 is 24.8 Å². The number of likely N-dealkylation sites (N-methyl/N-ethyl adjacent to an activating group) is 1. The van der Waals surface area contributed by atoms with Gasteiger partial charge >= 0.3 is 0 Å². The Labute approximate surface area is 183 Å². The topological polar surface area (TPSA) is 44.0 Å². The molecule has 1 N–H and O–H groups in total. The van der Waals surface area contributed by atoms with Crippen molar-refractivity contribution in [2.75, 3.05) is 14.1 Å². The molecular weight excluding hydrogens is 400 g/mol. The van der Waals surface area contributed by atoms with Crippen LogP contribution in [0, 0.1) is 0 Å². The van der Waals surface area contributed by atoms with Crippen LogP contribution in [-0.4, -0.2) is 35.3 Å². The summed E-state index contributed by atoms with van der Waals surface area (Å²) in [6.07, 6.45) is 9.99. The maximum atomic E-state index is 5.84. The Bertz CT molecular complexity index is 905. The molecule has 152 valence electrons. The van der Waals surface area contributed by atoms with Crippen molar-refractivity contribution >= 4 is 36.0 Å². The smallest absolute Gasteiger partial charge is 0.147 e. The molecule has 0 saturated heterocycles. The van der Waals surface area contributed by atoms with Gasteiger partial charge in [-0.2, -0.15) is 5.10 Å². The molecule has 0 radical (unpaired) electrons. The van der Waals surface area contributed by atoms with Crippen molar-refractivity contribution in [2.45, 2.75) is 24.8 Å². The first-order valence-corrected chi connectivity index (χ1v) is 10.4. The van der Waals surface area contributed by atoms with Crippen molar-refractivity contribution in [3.05, 3.63) is 83.3 Å². The third-order valence-electron chi connectivity index (χ3n) is 4.58. The van der Waals surface area contributed by atoms with Crippen molar-refractivity contribution in [2.24, 2.45) is 5.10 Å². The molecule has 0 bridgehead atoms. The maximum Gasteiger partial charge on any atom is 0.147 e. The summed E-state index contributed by atoms with van der Waals surface area (Å²) in [5, 5.41) is 7.98.